The third kappa shape index (κ3) is 6.56. The number of halogens is 1. The van der Waals surface area contributed by atoms with Gasteiger partial charge in [-0.15, -0.1) is 10.2 Å². The van der Waals surface area contributed by atoms with Crippen LogP contribution in [0, 0.1) is 41.5 Å². The van der Waals surface area contributed by atoms with Gasteiger partial charge in [-0.25, -0.2) is 0 Å². The van der Waals surface area contributed by atoms with E-state index in [4.69, 9.17) is 11.6 Å². The van der Waals surface area contributed by atoms with E-state index < -0.39 is 0 Å². The van der Waals surface area contributed by atoms with E-state index >= 15 is 0 Å². The molecule has 7 heteroatoms. The van der Waals surface area contributed by atoms with E-state index in [2.05, 4.69) is 52.5 Å². The van der Waals surface area contributed by atoms with Crippen molar-refractivity contribution in [2.45, 2.75) is 47.5 Å². The predicted octanol–water partition coefficient (Wildman–Crippen LogP) is 11.6. The lowest BCUT2D eigenvalue weighted by Crippen LogP contribution is -2.09. The second-order valence-electron chi connectivity index (χ2n) is 11.3. The molecule has 0 amide bonds. The van der Waals surface area contributed by atoms with Gasteiger partial charge in [0, 0.05) is 10.9 Å². The number of azo groups is 2. The molecule has 222 valence electrons. The SMILES string of the molecule is Cc1ccc(O)c(N=Nc2cc(C)c(C(c3cc(C)c(N=Nc4cc(C)ccc4O)cc3C)c3ccccc3Cl)cc2C)c1. The summed E-state index contributed by atoms with van der Waals surface area (Å²) in [5.74, 6) is 0.0296. The molecule has 0 saturated heterocycles. The third-order valence-electron chi connectivity index (χ3n) is 7.80. The second kappa shape index (κ2) is 12.8. The van der Waals surface area contributed by atoms with E-state index in [1.165, 1.54) is 0 Å². The van der Waals surface area contributed by atoms with Crippen molar-refractivity contribution in [3.63, 3.8) is 0 Å². The second-order valence-corrected chi connectivity index (χ2v) is 11.7. The Morgan fingerprint density at radius 1 is 0.477 bits per heavy atom. The van der Waals surface area contributed by atoms with Gasteiger partial charge < -0.3 is 10.2 Å². The zero-order valence-corrected chi connectivity index (χ0v) is 26.5. The van der Waals surface area contributed by atoms with Crippen molar-refractivity contribution < 1.29 is 10.2 Å². The number of aromatic hydroxyl groups is 2. The van der Waals surface area contributed by atoms with Crippen LogP contribution in [-0.4, -0.2) is 10.2 Å². The summed E-state index contributed by atoms with van der Waals surface area (Å²) in [7, 11) is 0. The van der Waals surface area contributed by atoms with Crippen molar-refractivity contribution in [3.05, 3.63) is 140 Å². The van der Waals surface area contributed by atoms with Crippen LogP contribution in [0.1, 0.15) is 56.0 Å². The van der Waals surface area contributed by atoms with Gasteiger partial charge in [0.15, 0.2) is 0 Å². The lowest BCUT2D eigenvalue weighted by Gasteiger charge is -2.25. The van der Waals surface area contributed by atoms with Crippen LogP contribution >= 0.6 is 11.6 Å². The first-order chi connectivity index (χ1) is 21.0. The van der Waals surface area contributed by atoms with Gasteiger partial charge in [-0.3, -0.25) is 0 Å². The number of hydrogen-bond donors (Lipinski definition) is 2. The van der Waals surface area contributed by atoms with Crippen molar-refractivity contribution in [3.8, 4) is 11.5 Å². The Morgan fingerprint density at radius 3 is 1.36 bits per heavy atom. The number of nitrogens with zero attached hydrogens (tertiary/aromatic N) is 4. The predicted molar refractivity (Wildman–Crippen MR) is 178 cm³/mol. The third-order valence-corrected chi connectivity index (χ3v) is 8.14. The van der Waals surface area contributed by atoms with Crippen LogP contribution in [-0.2, 0) is 0 Å². The zero-order valence-electron chi connectivity index (χ0n) is 25.7. The van der Waals surface area contributed by atoms with Crippen molar-refractivity contribution in [2.24, 2.45) is 20.5 Å². The molecule has 0 bridgehead atoms. The molecular weight excluding hydrogens is 568 g/mol. The van der Waals surface area contributed by atoms with E-state index in [1.54, 1.807) is 24.3 Å². The molecule has 5 aromatic rings. The van der Waals surface area contributed by atoms with E-state index in [0.29, 0.717) is 16.4 Å². The highest BCUT2D eigenvalue weighted by atomic mass is 35.5. The molecule has 0 saturated carbocycles. The molecule has 0 aliphatic heterocycles. The van der Waals surface area contributed by atoms with E-state index in [9.17, 15) is 10.2 Å². The van der Waals surface area contributed by atoms with E-state index in [0.717, 1.165) is 61.4 Å². The van der Waals surface area contributed by atoms with Gasteiger partial charge in [0.05, 0.1) is 11.4 Å². The van der Waals surface area contributed by atoms with Gasteiger partial charge in [-0.1, -0.05) is 54.1 Å². The summed E-state index contributed by atoms with van der Waals surface area (Å²) in [6.45, 7) is 12.1. The Kier molecular flexibility index (Phi) is 8.93. The number of phenols is 2. The maximum atomic E-state index is 10.2. The van der Waals surface area contributed by atoms with Gasteiger partial charge in [-0.2, -0.15) is 10.2 Å². The van der Waals surface area contributed by atoms with Crippen molar-refractivity contribution in [2.75, 3.05) is 0 Å². The molecular formula is C37H35ClN4O2. The molecule has 0 heterocycles. The van der Waals surface area contributed by atoms with Crippen molar-refractivity contribution in [1.29, 1.82) is 0 Å². The maximum absolute atomic E-state index is 10.2. The standard InChI is InChI=1S/C37H35ClN4O2/c1-21-11-13-35(43)33(15-21)41-39-31-19-23(3)28(17-25(31)5)37(27-9-7-8-10-30(27)38)29-18-26(6)32(20-24(29)4)40-42-34-16-22(2)12-14-36(34)44/h7-20,37,43-44H,1-6H3. The minimum absolute atomic E-state index is 0.0913. The average Bonchev–Trinajstić information content (AvgIpc) is 2.99. The Hall–Kier alpha value is -4.81. The van der Waals surface area contributed by atoms with Crippen LogP contribution < -0.4 is 0 Å². The van der Waals surface area contributed by atoms with Crippen LogP contribution in [0.3, 0.4) is 0 Å². The lowest BCUT2D eigenvalue weighted by molar-refractivity contribution is 0.475. The normalized spacial score (nSPS) is 12.3. The van der Waals surface area contributed by atoms with Gasteiger partial charge in [0.1, 0.15) is 22.9 Å². The van der Waals surface area contributed by atoms with Crippen molar-refractivity contribution in [1.82, 2.24) is 0 Å². The topological polar surface area (TPSA) is 89.9 Å². The highest BCUT2D eigenvalue weighted by molar-refractivity contribution is 6.31. The molecule has 0 radical (unpaired) electrons. The summed E-state index contributed by atoms with van der Waals surface area (Å²) in [4.78, 5) is 0. The molecule has 44 heavy (non-hydrogen) atoms. The molecule has 2 N–H and O–H groups in total. The first kappa shape index (κ1) is 30.6. The number of rotatable bonds is 7. The van der Waals surface area contributed by atoms with Gasteiger partial charge in [0.2, 0.25) is 0 Å². The van der Waals surface area contributed by atoms with Gasteiger partial charge in [-0.05, 0) is 134 Å². The highest BCUT2D eigenvalue weighted by Gasteiger charge is 2.24. The summed E-state index contributed by atoms with van der Waals surface area (Å²) in [6, 6.07) is 26.8. The molecule has 0 aliphatic rings. The van der Waals surface area contributed by atoms with Crippen molar-refractivity contribution >= 4 is 34.4 Å². The quantitative estimate of drug-likeness (QED) is 0.143. The summed E-state index contributed by atoms with van der Waals surface area (Å²) in [6.07, 6.45) is 0. The number of phenolic OH excluding ortho intramolecular Hbond substituents is 2. The monoisotopic (exact) mass is 602 g/mol. The number of benzene rings is 5. The van der Waals surface area contributed by atoms with E-state index in [-0.39, 0.29) is 17.4 Å². The van der Waals surface area contributed by atoms with Gasteiger partial charge >= 0.3 is 0 Å². The van der Waals surface area contributed by atoms with Crippen LogP contribution in [0.2, 0.25) is 5.02 Å². The number of hydrogen-bond acceptors (Lipinski definition) is 6. The summed E-state index contributed by atoms with van der Waals surface area (Å²) < 4.78 is 0. The van der Waals surface area contributed by atoms with Crippen LogP contribution in [0.5, 0.6) is 11.5 Å². The Balaban J connectivity index is 1.59. The first-order valence-corrected chi connectivity index (χ1v) is 14.8. The maximum Gasteiger partial charge on any atom is 0.143 e. The van der Waals surface area contributed by atoms with Gasteiger partial charge in [0.25, 0.3) is 0 Å². The highest BCUT2D eigenvalue weighted by Crippen LogP contribution is 2.42. The fourth-order valence-electron chi connectivity index (χ4n) is 5.34. The summed E-state index contributed by atoms with van der Waals surface area (Å²) in [5.41, 5.74) is 11.5. The Morgan fingerprint density at radius 2 is 0.909 bits per heavy atom. The molecule has 0 atom stereocenters. The van der Waals surface area contributed by atoms with Crippen LogP contribution in [0.15, 0.2) is 105 Å². The van der Waals surface area contributed by atoms with Crippen LogP contribution in [0.25, 0.3) is 0 Å². The Bertz CT molecular complexity index is 1810. The van der Waals surface area contributed by atoms with E-state index in [1.807, 2.05) is 70.2 Å². The summed E-state index contributed by atoms with van der Waals surface area (Å²) >= 11 is 6.84. The smallest absolute Gasteiger partial charge is 0.143 e. The Labute approximate surface area is 263 Å². The minimum atomic E-state index is -0.153. The zero-order chi connectivity index (χ0) is 31.5. The fraction of sp³-hybridized carbons (Fsp3) is 0.189. The molecule has 0 aliphatic carbocycles. The molecule has 0 fully saturated rings. The first-order valence-electron chi connectivity index (χ1n) is 14.4. The average molecular weight is 603 g/mol. The molecule has 0 aromatic heterocycles. The molecule has 0 spiro atoms. The molecule has 5 rings (SSSR count). The summed E-state index contributed by atoms with van der Waals surface area (Å²) in [5, 5.41) is 38.8. The number of aryl methyl sites for hydroxylation is 6. The van der Waals surface area contributed by atoms with Crippen LogP contribution in [0.4, 0.5) is 22.7 Å². The lowest BCUT2D eigenvalue weighted by atomic mass is 9.80. The molecule has 5 aromatic carbocycles. The minimum Gasteiger partial charge on any atom is -0.506 e. The molecule has 6 nitrogen and oxygen atoms in total. The fourth-order valence-corrected chi connectivity index (χ4v) is 5.58. The largest absolute Gasteiger partial charge is 0.506 e. The molecule has 0 unspecified atom stereocenters.